The molecule has 0 radical (unpaired) electrons. The third kappa shape index (κ3) is 5.61. The van der Waals surface area contributed by atoms with Gasteiger partial charge in [0.25, 0.3) is 5.56 Å². The molecule has 0 N–H and O–H groups in total. The highest BCUT2D eigenvalue weighted by Gasteiger charge is 2.30. The molecular weight excluding hydrogens is 429 g/mol. The maximum atomic E-state index is 12.9. The Bertz CT molecular complexity index is 1100. The second kappa shape index (κ2) is 9.47. The molecule has 9 heteroatoms. The number of alkyl halides is 3. The van der Waals surface area contributed by atoms with E-state index in [1.165, 1.54) is 36.2 Å². The van der Waals surface area contributed by atoms with Crippen molar-refractivity contribution < 1.29 is 22.6 Å². The third-order valence-corrected chi connectivity index (χ3v) is 5.18. The lowest BCUT2D eigenvalue weighted by atomic mass is 10.2. The van der Waals surface area contributed by atoms with Crippen LogP contribution in [0.25, 0.3) is 5.69 Å². The summed E-state index contributed by atoms with van der Waals surface area (Å²) in [5.41, 5.74) is -0.595. The minimum Gasteiger partial charge on any atom is -0.493 e. The van der Waals surface area contributed by atoms with E-state index in [2.05, 4.69) is 4.98 Å². The molecule has 3 aromatic rings. The molecule has 0 bridgehead atoms. The normalized spacial score (nSPS) is 11.6. The molecule has 5 nitrogen and oxygen atoms in total. The Kier molecular flexibility index (Phi) is 6.94. The Labute approximate surface area is 181 Å². The van der Waals surface area contributed by atoms with E-state index in [0.717, 1.165) is 23.9 Å². The zero-order valence-corrected chi connectivity index (χ0v) is 18.0. The van der Waals surface area contributed by atoms with Crippen LogP contribution in [0.3, 0.4) is 0 Å². The van der Waals surface area contributed by atoms with Gasteiger partial charge in [0.15, 0.2) is 16.5 Å². The summed E-state index contributed by atoms with van der Waals surface area (Å²) in [7, 11) is 1.52. The summed E-state index contributed by atoms with van der Waals surface area (Å²) in [5.74, 6) is 1.40. The fourth-order valence-corrected chi connectivity index (χ4v) is 3.47. The number of ether oxygens (including phenoxy) is 2. The van der Waals surface area contributed by atoms with Crippen molar-refractivity contribution in [2.45, 2.75) is 29.9 Å². The second-order valence-electron chi connectivity index (χ2n) is 7.07. The van der Waals surface area contributed by atoms with Crippen molar-refractivity contribution in [2.75, 3.05) is 13.7 Å². The van der Waals surface area contributed by atoms with Crippen LogP contribution < -0.4 is 15.0 Å². The molecule has 31 heavy (non-hydrogen) atoms. The van der Waals surface area contributed by atoms with Crippen LogP contribution in [0.5, 0.6) is 11.5 Å². The second-order valence-corrected chi connectivity index (χ2v) is 8.13. The van der Waals surface area contributed by atoms with Gasteiger partial charge in [-0.05, 0) is 42.3 Å². The van der Waals surface area contributed by atoms with Gasteiger partial charge in [-0.25, -0.2) is 4.98 Å². The van der Waals surface area contributed by atoms with Crippen LogP contribution in [0.2, 0.25) is 0 Å². The number of hydrogen-bond donors (Lipinski definition) is 0. The Morgan fingerprint density at radius 3 is 2.42 bits per heavy atom. The Morgan fingerprint density at radius 1 is 1.10 bits per heavy atom. The molecule has 0 aliphatic rings. The molecule has 0 aliphatic heterocycles. The summed E-state index contributed by atoms with van der Waals surface area (Å²) >= 11 is 0.999. The van der Waals surface area contributed by atoms with Gasteiger partial charge in [0.1, 0.15) is 0 Å². The lowest BCUT2D eigenvalue weighted by Crippen LogP contribution is -2.20. The van der Waals surface area contributed by atoms with Crippen LogP contribution in [0.4, 0.5) is 13.2 Å². The largest absolute Gasteiger partial charge is 0.493 e. The summed E-state index contributed by atoms with van der Waals surface area (Å²) in [6, 6.07) is 9.72. The molecule has 0 saturated carbocycles. The molecule has 0 amide bonds. The van der Waals surface area contributed by atoms with E-state index < -0.39 is 17.3 Å². The molecule has 0 unspecified atom stereocenters. The minimum atomic E-state index is -4.41. The lowest BCUT2D eigenvalue weighted by Gasteiger charge is -2.14. The molecule has 164 valence electrons. The predicted molar refractivity (Wildman–Crippen MR) is 112 cm³/mol. The fourth-order valence-electron chi connectivity index (χ4n) is 2.67. The highest BCUT2D eigenvalue weighted by molar-refractivity contribution is 7.99. The minimum absolute atomic E-state index is 0.140. The van der Waals surface area contributed by atoms with Crippen molar-refractivity contribution in [3.63, 3.8) is 0 Å². The highest BCUT2D eigenvalue weighted by Crippen LogP contribution is 2.32. The lowest BCUT2D eigenvalue weighted by molar-refractivity contribution is -0.137. The van der Waals surface area contributed by atoms with E-state index in [-0.39, 0.29) is 5.03 Å². The van der Waals surface area contributed by atoms with Gasteiger partial charge < -0.3 is 9.47 Å². The van der Waals surface area contributed by atoms with Crippen molar-refractivity contribution in [3.05, 3.63) is 70.8 Å². The smallest absolute Gasteiger partial charge is 0.416 e. The first-order valence-corrected chi connectivity index (χ1v) is 10.2. The highest BCUT2D eigenvalue weighted by atomic mass is 32.2. The van der Waals surface area contributed by atoms with Crippen molar-refractivity contribution in [1.82, 2.24) is 9.55 Å². The van der Waals surface area contributed by atoms with Gasteiger partial charge in [-0.3, -0.25) is 9.36 Å². The fraction of sp³-hybridized carbons (Fsp3) is 0.273. The molecule has 3 rings (SSSR count). The molecule has 2 aromatic carbocycles. The molecular formula is C22H21F3N2O3S. The summed E-state index contributed by atoms with van der Waals surface area (Å²) < 4.78 is 50.7. The van der Waals surface area contributed by atoms with Gasteiger partial charge in [-0.1, -0.05) is 25.6 Å². The van der Waals surface area contributed by atoms with Crippen LogP contribution in [-0.2, 0) is 6.18 Å². The predicted octanol–water partition coefficient (Wildman–Crippen LogP) is 5.45. The number of nitrogens with zero attached hydrogens (tertiary/aromatic N) is 2. The first-order chi connectivity index (χ1) is 14.7. The SMILES string of the molecule is COc1cc(-n2ccnc(Sc3ccc(C(F)(F)F)cc3)c2=O)ccc1OCC(C)C. The Morgan fingerprint density at radius 2 is 1.81 bits per heavy atom. The Hall–Kier alpha value is -2.94. The van der Waals surface area contributed by atoms with E-state index >= 15 is 0 Å². The molecule has 0 spiro atoms. The number of halogens is 3. The van der Waals surface area contributed by atoms with Crippen molar-refractivity contribution in [3.8, 4) is 17.2 Å². The summed E-state index contributed by atoms with van der Waals surface area (Å²) in [6.07, 6.45) is -1.43. The first kappa shape index (κ1) is 22.7. The molecule has 0 fully saturated rings. The number of methoxy groups -OCH3 is 1. The van der Waals surface area contributed by atoms with Crippen LogP contribution in [0.15, 0.2) is 69.6 Å². The maximum absolute atomic E-state index is 12.9. The van der Waals surface area contributed by atoms with Crippen LogP contribution >= 0.6 is 11.8 Å². The van der Waals surface area contributed by atoms with E-state index in [1.54, 1.807) is 18.2 Å². The Balaban J connectivity index is 1.88. The summed E-state index contributed by atoms with van der Waals surface area (Å²) in [6.45, 7) is 4.60. The van der Waals surface area contributed by atoms with E-state index in [1.807, 2.05) is 13.8 Å². The first-order valence-electron chi connectivity index (χ1n) is 9.43. The summed E-state index contributed by atoms with van der Waals surface area (Å²) in [5, 5.41) is 0.140. The molecule has 0 saturated heterocycles. The standard InChI is InChI=1S/C22H21F3N2O3S/c1-14(2)13-30-18-9-6-16(12-19(18)29-3)27-11-10-26-20(21(27)28)31-17-7-4-15(5-8-17)22(23,24)25/h4-12,14H,13H2,1-3H3. The van der Waals surface area contributed by atoms with Crippen molar-refractivity contribution in [2.24, 2.45) is 5.92 Å². The monoisotopic (exact) mass is 450 g/mol. The van der Waals surface area contributed by atoms with Gasteiger partial charge in [-0.15, -0.1) is 0 Å². The van der Waals surface area contributed by atoms with Gasteiger partial charge in [0, 0.05) is 23.4 Å². The molecule has 1 aromatic heterocycles. The zero-order chi connectivity index (χ0) is 22.6. The van der Waals surface area contributed by atoms with Crippen molar-refractivity contribution in [1.29, 1.82) is 0 Å². The quantitative estimate of drug-likeness (QED) is 0.479. The number of rotatable bonds is 7. The van der Waals surface area contributed by atoms with Crippen LogP contribution in [-0.4, -0.2) is 23.3 Å². The molecule has 0 aliphatic carbocycles. The average Bonchev–Trinajstić information content (AvgIpc) is 2.73. The van der Waals surface area contributed by atoms with Gasteiger partial charge >= 0.3 is 6.18 Å². The third-order valence-electron chi connectivity index (χ3n) is 4.20. The van der Waals surface area contributed by atoms with Gasteiger partial charge in [0.05, 0.1) is 25.0 Å². The van der Waals surface area contributed by atoms with Crippen molar-refractivity contribution >= 4 is 11.8 Å². The van der Waals surface area contributed by atoms with Crippen LogP contribution in [0, 0.1) is 5.92 Å². The van der Waals surface area contributed by atoms with Gasteiger partial charge in [0.2, 0.25) is 0 Å². The molecule has 0 atom stereocenters. The number of benzene rings is 2. The zero-order valence-electron chi connectivity index (χ0n) is 17.1. The maximum Gasteiger partial charge on any atom is 0.416 e. The van der Waals surface area contributed by atoms with E-state index in [9.17, 15) is 18.0 Å². The average molecular weight is 450 g/mol. The topological polar surface area (TPSA) is 53.4 Å². The van der Waals surface area contributed by atoms with Crippen LogP contribution in [0.1, 0.15) is 19.4 Å². The number of hydrogen-bond acceptors (Lipinski definition) is 5. The molecule has 1 heterocycles. The summed E-state index contributed by atoms with van der Waals surface area (Å²) in [4.78, 5) is 17.5. The van der Waals surface area contributed by atoms with E-state index in [4.69, 9.17) is 9.47 Å². The number of aromatic nitrogens is 2. The van der Waals surface area contributed by atoms with E-state index in [0.29, 0.717) is 34.6 Å². The van der Waals surface area contributed by atoms with Gasteiger partial charge in [-0.2, -0.15) is 13.2 Å².